The van der Waals surface area contributed by atoms with Crippen LogP contribution < -0.4 is 0 Å². The van der Waals surface area contributed by atoms with Crippen LogP contribution in [-0.2, 0) is 6.54 Å². The standard InChI is InChI=1S/C13H12ClN3O/c1-17(9-10-2-5-15-6-3-10)13(18)12-8-11(14)4-7-16-12/h2-8H,9H2,1H3. The van der Waals surface area contributed by atoms with E-state index in [1.54, 1.807) is 36.5 Å². The molecule has 0 N–H and O–H groups in total. The summed E-state index contributed by atoms with van der Waals surface area (Å²) in [6.45, 7) is 0.509. The quantitative estimate of drug-likeness (QED) is 0.852. The first-order chi connectivity index (χ1) is 8.66. The first kappa shape index (κ1) is 12.5. The Morgan fingerprint density at radius 2 is 2.00 bits per heavy atom. The zero-order valence-corrected chi connectivity index (χ0v) is 10.6. The molecule has 2 aromatic rings. The Balaban J connectivity index is 2.10. The molecule has 5 heteroatoms. The molecule has 2 heterocycles. The minimum Gasteiger partial charge on any atom is -0.336 e. The average Bonchev–Trinajstić information content (AvgIpc) is 2.39. The Morgan fingerprint density at radius 3 is 2.67 bits per heavy atom. The molecule has 0 fully saturated rings. The van der Waals surface area contributed by atoms with Gasteiger partial charge in [0, 0.05) is 37.2 Å². The van der Waals surface area contributed by atoms with Crippen LogP contribution in [0.25, 0.3) is 0 Å². The van der Waals surface area contributed by atoms with Gasteiger partial charge in [0.1, 0.15) is 5.69 Å². The summed E-state index contributed by atoms with van der Waals surface area (Å²) in [5.41, 5.74) is 1.36. The molecule has 0 aliphatic heterocycles. The van der Waals surface area contributed by atoms with E-state index in [1.807, 2.05) is 12.1 Å². The number of carbonyl (C=O) groups is 1. The van der Waals surface area contributed by atoms with Crippen molar-refractivity contribution in [2.75, 3.05) is 7.05 Å². The van der Waals surface area contributed by atoms with Gasteiger partial charge in [0.15, 0.2) is 0 Å². The van der Waals surface area contributed by atoms with Crippen molar-refractivity contribution in [2.24, 2.45) is 0 Å². The van der Waals surface area contributed by atoms with E-state index in [2.05, 4.69) is 9.97 Å². The number of pyridine rings is 2. The molecule has 92 valence electrons. The Labute approximate surface area is 110 Å². The van der Waals surface area contributed by atoms with E-state index in [4.69, 9.17) is 11.6 Å². The maximum atomic E-state index is 12.1. The summed E-state index contributed by atoms with van der Waals surface area (Å²) in [6, 6.07) is 6.94. The Morgan fingerprint density at radius 1 is 1.28 bits per heavy atom. The summed E-state index contributed by atoms with van der Waals surface area (Å²) in [5.74, 6) is -0.158. The number of rotatable bonds is 3. The fourth-order valence-electron chi connectivity index (χ4n) is 1.55. The molecule has 4 nitrogen and oxygen atoms in total. The molecule has 0 aromatic carbocycles. The molecule has 0 bridgehead atoms. The minimum absolute atomic E-state index is 0.158. The first-order valence-corrected chi connectivity index (χ1v) is 5.80. The normalized spacial score (nSPS) is 10.1. The molecule has 1 amide bonds. The summed E-state index contributed by atoms with van der Waals surface area (Å²) < 4.78 is 0. The molecule has 2 rings (SSSR count). The Bertz CT molecular complexity index is 545. The van der Waals surface area contributed by atoms with E-state index >= 15 is 0 Å². The van der Waals surface area contributed by atoms with Gasteiger partial charge in [0.05, 0.1) is 0 Å². The highest BCUT2D eigenvalue weighted by Gasteiger charge is 2.13. The van der Waals surface area contributed by atoms with Crippen molar-refractivity contribution in [3.63, 3.8) is 0 Å². The smallest absolute Gasteiger partial charge is 0.272 e. The SMILES string of the molecule is CN(Cc1ccncc1)C(=O)c1cc(Cl)ccn1. The van der Waals surface area contributed by atoms with E-state index in [0.29, 0.717) is 17.3 Å². The lowest BCUT2D eigenvalue weighted by atomic mass is 10.2. The largest absolute Gasteiger partial charge is 0.336 e. The van der Waals surface area contributed by atoms with Crippen LogP contribution in [0.4, 0.5) is 0 Å². The van der Waals surface area contributed by atoms with Crippen LogP contribution in [0.2, 0.25) is 5.02 Å². The molecule has 0 unspecified atom stereocenters. The third kappa shape index (κ3) is 3.05. The fourth-order valence-corrected chi connectivity index (χ4v) is 1.71. The monoisotopic (exact) mass is 261 g/mol. The molecule has 0 saturated carbocycles. The first-order valence-electron chi connectivity index (χ1n) is 5.43. The van der Waals surface area contributed by atoms with Gasteiger partial charge in [-0.2, -0.15) is 0 Å². The zero-order valence-electron chi connectivity index (χ0n) is 9.88. The summed E-state index contributed by atoms with van der Waals surface area (Å²) in [6.07, 6.45) is 4.92. The van der Waals surface area contributed by atoms with Gasteiger partial charge in [-0.1, -0.05) is 11.6 Å². The predicted octanol–water partition coefficient (Wildman–Crippen LogP) is 2.40. The van der Waals surface area contributed by atoms with Crippen molar-refractivity contribution < 1.29 is 4.79 Å². The van der Waals surface area contributed by atoms with Crippen molar-refractivity contribution in [3.05, 3.63) is 59.1 Å². The third-order valence-corrected chi connectivity index (χ3v) is 2.69. The van der Waals surface area contributed by atoms with Crippen molar-refractivity contribution >= 4 is 17.5 Å². The Kier molecular flexibility index (Phi) is 3.89. The molecule has 2 aromatic heterocycles. The number of carbonyl (C=O) groups excluding carboxylic acids is 1. The summed E-state index contributed by atoms with van der Waals surface area (Å²) in [5, 5.41) is 0.505. The zero-order chi connectivity index (χ0) is 13.0. The molecular weight excluding hydrogens is 250 g/mol. The number of amides is 1. The van der Waals surface area contributed by atoms with Gasteiger partial charge in [-0.25, -0.2) is 0 Å². The number of hydrogen-bond donors (Lipinski definition) is 0. The molecule has 0 atom stereocenters. The topological polar surface area (TPSA) is 46.1 Å². The van der Waals surface area contributed by atoms with Gasteiger partial charge < -0.3 is 4.90 Å². The molecule has 0 saturated heterocycles. The van der Waals surface area contributed by atoms with E-state index in [9.17, 15) is 4.79 Å². The minimum atomic E-state index is -0.158. The van der Waals surface area contributed by atoms with Crippen LogP contribution in [0.3, 0.4) is 0 Å². The van der Waals surface area contributed by atoms with Crippen LogP contribution in [-0.4, -0.2) is 27.8 Å². The maximum Gasteiger partial charge on any atom is 0.272 e. The van der Waals surface area contributed by atoms with Gasteiger partial charge in [0.2, 0.25) is 0 Å². The lowest BCUT2D eigenvalue weighted by Crippen LogP contribution is -2.26. The van der Waals surface area contributed by atoms with E-state index < -0.39 is 0 Å². The van der Waals surface area contributed by atoms with E-state index in [-0.39, 0.29) is 5.91 Å². The number of halogens is 1. The molecule has 0 spiro atoms. The number of hydrogen-bond acceptors (Lipinski definition) is 3. The highest BCUT2D eigenvalue weighted by molar-refractivity contribution is 6.30. The van der Waals surface area contributed by atoms with Gasteiger partial charge in [-0.05, 0) is 29.8 Å². The van der Waals surface area contributed by atoms with Crippen molar-refractivity contribution in [3.8, 4) is 0 Å². The molecular formula is C13H12ClN3O. The average molecular weight is 262 g/mol. The highest BCUT2D eigenvalue weighted by atomic mass is 35.5. The molecule has 0 radical (unpaired) electrons. The van der Waals surface area contributed by atoms with E-state index in [0.717, 1.165) is 5.56 Å². The van der Waals surface area contributed by atoms with Crippen LogP contribution in [0.15, 0.2) is 42.9 Å². The number of nitrogens with zero attached hydrogens (tertiary/aromatic N) is 3. The predicted molar refractivity (Wildman–Crippen MR) is 69.3 cm³/mol. The maximum absolute atomic E-state index is 12.1. The van der Waals surface area contributed by atoms with Gasteiger partial charge in [-0.15, -0.1) is 0 Å². The highest BCUT2D eigenvalue weighted by Crippen LogP contribution is 2.11. The van der Waals surface area contributed by atoms with Gasteiger partial charge >= 0.3 is 0 Å². The lowest BCUT2D eigenvalue weighted by Gasteiger charge is -2.16. The van der Waals surface area contributed by atoms with Gasteiger partial charge in [0.25, 0.3) is 5.91 Å². The molecule has 0 aliphatic rings. The van der Waals surface area contributed by atoms with E-state index in [1.165, 1.54) is 6.20 Å². The second kappa shape index (κ2) is 5.60. The summed E-state index contributed by atoms with van der Waals surface area (Å²) in [4.78, 5) is 21.6. The molecule has 0 aliphatic carbocycles. The summed E-state index contributed by atoms with van der Waals surface area (Å²) >= 11 is 5.83. The third-order valence-electron chi connectivity index (χ3n) is 2.46. The van der Waals surface area contributed by atoms with Crippen molar-refractivity contribution in [1.29, 1.82) is 0 Å². The van der Waals surface area contributed by atoms with Gasteiger partial charge in [-0.3, -0.25) is 14.8 Å². The summed E-state index contributed by atoms with van der Waals surface area (Å²) in [7, 11) is 1.73. The number of aromatic nitrogens is 2. The fraction of sp³-hybridized carbons (Fsp3) is 0.154. The second-order valence-electron chi connectivity index (χ2n) is 3.88. The molecule has 18 heavy (non-hydrogen) atoms. The van der Waals surface area contributed by atoms with Crippen LogP contribution in [0, 0.1) is 0 Å². The second-order valence-corrected chi connectivity index (χ2v) is 4.31. The Hall–Kier alpha value is -1.94. The lowest BCUT2D eigenvalue weighted by molar-refractivity contribution is 0.0779. The van der Waals surface area contributed by atoms with Crippen molar-refractivity contribution in [2.45, 2.75) is 6.54 Å². The van der Waals surface area contributed by atoms with Crippen molar-refractivity contribution in [1.82, 2.24) is 14.9 Å². The van der Waals surface area contributed by atoms with Crippen LogP contribution in [0.1, 0.15) is 16.1 Å². The van der Waals surface area contributed by atoms with Crippen LogP contribution in [0.5, 0.6) is 0 Å². The van der Waals surface area contributed by atoms with Crippen LogP contribution >= 0.6 is 11.6 Å².